The van der Waals surface area contributed by atoms with Crippen molar-refractivity contribution in [3.05, 3.63) is 41.4 Å². The average molecular weight is 400 g/mol. The van der Waals surface area contributed by atoms with Gasteiger partial charge in [0.15, 0.2) is 6.61 Å². The van der Waals surface area contributed by atoms with E-state index in [1.165, 1.54) is 11.9 Å². The number of furan rings is 1. The summed E-state index contributed by atoms with van der Waals surface area (Å²) in [6.07, 6.45) is 3.36. The van der Waals surface area contributed by atoms with Crippen LogP contribution in [0.2, 0.25) is 0 Å². The van der Waals surface area contributed by atoms with Crippen molar-refractivity contribution in [3.63, 3.8) is 0 Å². The summed E-state index contributed by atoms with van der Waals surface area (Å²) >= 11 is 0. The number of hydrogen-bond donors (Lipinski definition) is 0. The van der Waals surface area contributed by atoms with E-state index in [2.05, 4.69) is 0 Å². The number of amides is 2. The van der Waals surface area contributed by atoms with Crippen LogP contribution in [0.1, 0.15) is 35.5 Å². The Morgan fingerprint density at radius 2 is 1.79 bits per heavy atom. The predicted octanol–water partition coefficient (Wildman–Crippen LogP) is 1.73. The first kappa shape index (κ1) is 21.8. The van der Waals surface area contributed by atoms with Crippen molar-refractivity contribution in [2.45, 2.75) is 20.8 Å². The van der Waals surface area contributed by atoms with Crippen LogP contribution in [0, 0.1) is 18.3 Å². The number of likely N-dealkylation sites (N-methyl/N-ethyl adjacent to an activating group) is 2. The lowest BCUT2D eigenvalue weighted by atomic mass is 10.1. The lowest BCUT2D eigenvalue weighted by Crippen LogP contribution is -2.42. The zero-order valence-electron chi connectivity index (χ0n) is 17.0. The van der Waals surface area contributed by atoms with Crippen LogP contribution in [-0.2, 0) is 14.3 Å². The third-order valence-electron chi connectivity index (χ3n) is 4.46. The molecule has 0 saturated heterocycles. The van der Waals surface area contributed by atoms with E-state index in [4.69, 9.17) is 9.15 Å². The van der Waals surface area contributed by atoms with Gasteiger partial charge in [-0.1, -0.05) is 0 Å². The first-order valence-corrected chi connectivity index (χ1v) is 9.19. The van der Waals surface area contributed by atoms with Crippen molar-refractivity contribution in [1.29, 1.82) is 5.26 Å². The second-order valence-electron chi connectivity index (χ2n) is 6.31. The number of hydrogen-bond acceptors (Lipinski definition) is 6. The summed E-state index contributed by atoms with van der Waals surface area (Å²) in [5.41, 5.74) is 0.00656. The fourth-order valence-electron chi connectivity index (χ4n) is 2.81. The molecule has 2 amide bonds. The minimum atomic E-state index is -0.835. The molecule has 0 N–H and O–H groups in total. The molecule has 0 saturated carbocycles. The van der Waals surface area contributed by atoms with Crippen LogP contribution < -0.4 is 0 Å². The second-order valence-corrected chi connectivity index (χ2v) is 6.31. The molecule has 0 unspecified atom stereocenters. The van der Waals surface area contributed by atoms with Crippen molar-refractivity contribution in [2.24, 2.45) is 0 Å². The zero-order valence-corrected chi connectivity index (χ0v) is 17.0. The smallest absolute Gasteiger partial charge is 0.343 e. The van der Waals surface area contributed by atoms with Gasteiger partial charge in [0.25, 0.3) is 5.91 Å². The maximum atomic E-state index is 12.5. The summed E-state index contributed by atoms with van der Waals surface area (Å²) in [5.74, 6) is -1.13. The molecule has 2 aromatic heterocycles. The van der Waals surface area contributed by atoms with Crippen molar-refractivity contribution in [1.82, 2.24) is 14.4 Å². The molecule has 9 nitrogen and oxygen atoms in total. The number of aryl methyl sites for hydroxylation is 1. The molecule has 0 aliphatic heterocycles. The van der Waals surface area contributed by atoms with Gasteiger partial charge in [0.1, 0.15) is 23.0 Å². The molecule has 2 aromatic rings. The van der Waals surface area contributed by atoms with Crippen LogP contribution in [0.5, 0.6) is 0 Å². The van der Waals surface area contributed by atoms with Gasteiger partial charge in [-0.25, -0.2) is 4.79 Å². The molecule has 0 aliphatic carbocycles. The maximum absolute atomic E-state index is 12.5. The first-order valence-electron chi connectivity index (χ1n) is 9.19. The number of nitriles is 1. The third-order valence-corrected chi connectivity index (χ3v) is 4.46. The largest absolute Gasteiger partial charge is 0.452 e. The van der Waals surface area contributed by atoms with Gasteiger partial charge in [0.2, 0.25) is 11.8 Å². The van der Waals surface area contributed by atoms with Crippen molar-refractivity contribution in [3.8, 4) is 12.0 Å². The van der Waals surface area contributed by atoms with E-state index in [1.54, 1.807) is 40.9 Å². The molecule has 0 aliphatic rings. The number of aromatic nitrogens is 1. The molecule has 0 atom stereocenters. The Hall–Kier alpha value is -3.54. The summed E-state index contributed by atoms with van der Waals surface area (Å²) in [5, 5.41) is 9.48. The summed E-state index contributed by atoms with van der Waals surface area (Å²) < 4.78 is 12.2. The lowest BCUT2D eigenvalue weighted by Gasteiger charge is -2.23. The minimum absolute atomic E-state index is 0.0223. The molecule has 0 aromatic carbocycles. The van der Waals surface area contributed by atoms with Crippen LogP contribution >= 0.6 is 0 Å². The summed E-state index contributed by atoms with van der Waals surface area (Å²) in [7, 11) is 1.46. The van der Waals surface area contributed by atoms with Crippen LogP contribution in [0.15, 0.2) is 28.9 Å². The van der Waals surface area contributed by atoms with Gasteiger partial charge in [0.05, 0.1) is 6.54 Å². The molecule has 9 heteroatoms. The van der Waals surface area contributed by atoms with Crippen molar-refractivity contribution < 1.29 is 23.5 Å². The SMILES string of the molecule is CCN(CC)C(=O)CN(C)C(=O)COC(=O)c1c(C)oc(-n2cccc2)c1C#N. The number of rotatable bonds is 8. The summed E-state index contributed by atoms with van der Waals surface area (Å²) in [6.45, 7) is 5.69. The Kier molecular flexibility index (Phi) is 7.20. The summed E-state index contributed by atoms with van der Waals surface area (Å²) in [4.78, 5) is 39.6. The normalized spacial score (nSPS) is 10.3. The number of esters is 1. The molecular formula is C20H24N4O5. The Bertz CT molecular complexity index is 920. The van der Waals surface area contributed by atoms with Gasteiger partial charge in [-0.3, -0.25) is 14.2 Å². The molecule has 0 spiro atoms. The number of carbonyl (C=O) groups excluding carboxylic acids is 3. The molecule has 0 bridgehead atoms. The van der Waals surface area contributed by atoms with Crippen molar-refractivity contribution in [2.75, 3.05) is 33.3 Å². The molecule has 2 heterocycles. The quantitative estimate of drug-likeness (QED) is 0.625. The molecule has 29 heavy (non-hydrogen) atoms. The maximum Gasteiger partial charge on any atom is 0.343 e. The Morgan fingerprint density at radius 1 is 1.17 bits per heavy atom. The van der Waals surface area contributed by atoms with E-state index in [0.717, 1.165) is 0 Å². The van der Waals surface area contributed by atoms with E-state index in [-0.39, 0.29) is 35.2 Å². The van der Waals surface area contributed by atoms with Crippen LogP contribution in [0.4, 0.5) is 0 Å². The standard InChI is InChI=1S/C20H24N4O5/c1-5-23(6-2)16(25)12-22(4)17(26)13-28-20(27)18-14(3)29-19(15(18)11-21)24-9-7-8-10-24/h7-10H,5-6,12-13H2,1-4H3. The highest BCUT2D eigenvalue weighted by atomic mass is 16.5. The zero-order chi connectivity index (χ0) is 21.6. The van der Waals surface area contributed by atoms with Gasteiger partial charge in [-0.2, -0.15) is 5.26 Å². The highest BCUT2D eigenvalue weighted by molar-refractivity contribution is 5.96. The lowest BCUT2D eigenvalue weighted by molar-refractivity contribution is -0.140. The predicted molar refractivity (Wildman–Crippen MR) is 103 cm³/mol. The van der Waals surface area contributed by atoms with Gasteiger partial charge in [-0.15, -0.1) is 0 Å². The monoisotopic (exact) mass is 400 g/mol. The van der Waals surface area contributed by atoms with Crippen LogP contribution in [0.3, 0.4) is 0 Å². The van der Waals surface area contributed by atoms with Gasteiger partial charge in [0, 0.05) is 32.5 Å². The van der Waals surface area contributed by atoms with E-state index in [9.17, 15) is 19.6 Å². The third kappa shape index (κ3) is 4.85. The van der Waals surface area contributed by atoms with Gasteiger partial charge >= 0.3 is 5.97 Å². The minimum Gasteiger partial charge on any atom is -0.452 e. The Labute approximate surface area is 169 Å². The van der Waals surface area contributed by atoms with E-state index >= 15 is 0 Å². The molecule has 0 fully saturated rings. The van der Waals surface area contributed by atoms with Crippen LogP contribution in [0.25, 0.3) is 5.88 Å². The van der Waals surface area contributed by atoms with E-state index < -0.39 is 18.5 Å². The van der Waals surface area contributed by atoms with Gasteiger partial charge < -0.3 is 19.0 Å². The van der Waals surface area contributed by atoms with Crippen LogP contribution in [-0.4, -0.2) is 65.4 Å². The second kappa shape index (κ2) is 9.59. The Morgan fingerprint density at radius 3 is 2.34 bits per heavy atom. The van der Waals surface area contributed by atoms with E-state index in [1.807, 2.05) is 19.9 Å². The highest BCUT2D eigenvalue weighted by Gasteiger charge is 2.27. The number of ether oxygens (including phenoxy) is 1. The molecule has 154 valence electrons. The molecule has 0 radical (unpaired) electrons. The highest BCUT2D eigenvalue weighted by Crippen LogP contribution is 2.26. The fraction of sp³-hybridized carbons (Fsp3) is 0.400. The number of nitrogens with zero attached hydrogens (tertiary/aromatic N) is 4. The first-order chi connectivity index (χ1) is 13.8. The van der Waals surface area contributed by atoms with Crippen molar-refractivity contribution >= 4 is 17.8 Å². The fourth-order valence-corrected chi connectivity index (χ4v) is 2.81. The topological polar surface area (TPSA) is 109 Å². The average Bonchev–Trinajstić information content (AvgIpc) is 3.33. The van der Waals surface area contributed by atoms with Gasteiger partial charge in [-0.05, 0) is 32.9 Å². The number of carbonyl (C=O) groups is 3. The van der Waals surface area contributed by atoms with E-state index in [0.29, 0.717) is 13.1 Å². The Balaban J connectivity index is 2.05. The summed E-state index contributed by atoms with van der Waals surface area (Å²) in [6, 6.07) is 5.47. The molecule has 2 rings (SSSR count). The molecular weight excluding hydrogens is 376 g/mol.